The Balaban J connectivity index is 2.01. The smallest absolute Gasteiger partial charge is 0.273 e. The van der Waals surface area contributed by atoms with Crippen LogP contribution in [0.15, 0.2) is 30.5 Å². The predicted molar refractivity (Wildman–Crippen MR) is 81.9 cm³/mol. The van der Waals surface area contributed by atoms with Crippen LogP contribution in [0.3, 0.4) is 0 Å². The van der Waals surface area contributed by atoms with Crippen molar-refractivity contribution in [1.82, 2.24) is 15.1 Å². The number of rotatable bonds is 5. The number of para-hydroxylation sites is 1. The number of aryl methyl sites for hydroxylation is 2. The molecular formula is C15H18N4O3. The van der Waals surface area contributed by atoms with Crippen LogP contribution < -0.4 is 15.4 Å². The summed E-state index contributed by atoms with van der Waals surface area (Å²) in [7, 11) is 3.18. The summed E-state index contributed by atoms with van der Waals surface area (Å²) in [5, 5.41) is 9.12. The molecule has 0 aliphatic rings. The highest BCUT2D eigenvalue weighted by atomic mass is 16.5. The van der Waals surface area contributed by atoms with Crippen molar-refractivity contribution in [3.8, 4) is 5.75 Å². The number of aromatic nitrogens is 2. The lowest BCUT2D eigenvalue weighted by atomic mass is 10.2. The topological polar surface area (TPSA) is 85.3 Å². The monoisotopic (exact) mass is 302 g/mol. The Labute approximate surface area is 128 Å². The molecule has 2 aromatic rings. The van der Waals surface area contributed by atoms with Gasteiger partial charge in [-0.25, -0.2) is 0 Å². The molecule has 1 aromatic carbocycles. The second kappa shape index (κ2) is 6.75. The average Bonchev–Trinajstić information content (AvgIpc) is 2.86. The third-order valence-electron chi connectivity index (χ3n) is 3.00. The minimum Gasteiger partial charge on any atom is -0.483 e. The molecule has 0 fully saturated rings. The van der Waals surface area contributed by atoms with Gasteiger partial charge in [0.15, 0.2) is 12.3 Å². The number of carbonyl (C=O) groups is 2. The largest absolute Gasteiger partial charge is 0.483 e. The van der Waals surface area contributed by atoms with Gasteiger partial charge in [0.1, 0.15) is 5.75 Å². The van der Waals surface area contributed by atoms with Crippen LogP contribution in [0.2, 0.25) is 0 Å². The van der Waals surface area contributed by atoms with Crippen LogP contribution in [0.25, 0.3) is 0 Å². The Kier molecular flexibility index (Phi) is 4.77. The highest BCUT2D eigenvalue weighted by molar-refractivity contribution is 6.02. The lowest BCUT2D eigenvalue weighted by Gasteiger charge is -2.09. The number of benzene rings is 1. The predicted octanol–water partition coefficient (Wildman–Crippen LogP) is 1.11. The van der Waals surface area contributed by atoms with E-state index in [-0.39, 0.29) is 24.1 Å². The average molecular weight is 302 g/mol. The molecule has 0 saturated carbocycles. The van der Waals surface area contributed by atoms with Gasteiger partial charge in [-0.15, -0.1) is 0 Å². The SMILES string of the molecule is CNC(=O)c1nn(C)cc1NC(=O)COc1ccccc1C. The van der Waals surface area contributed by atoms with Crippen molar-refractivity contribution < 1.29 is 14.3 Å². The fourth-order valence-electron chi connectivity index (χ4n) is 1.91. The molecule has 0 unspecified atom stereocenters. The van der Waals surface area contributed by atoms with E-state index >= 15 is 0 Å². The van der Waals surface area contributed by atoms with Gasteiger partial charge in [0.2, 0.25) is 0 Å². The van der Waals surface area contributed by atoms with Crippen LogP contribution in [0, 0.1) is 6.92 Å². The lowest BCUT2D eigenvalue weighted by molar-refractivity contribution is -0.118. The zero-order valence-electron chi connectivity index (χ0n) is 12.7. The molecule has 22 heavy (non-hydrogen) atoms. The van der Waals surface area contributed by atoms with Gasteiger partial charge in [-0.3, -0.25) is 14.3 Å². The molecule has 7 heteroatoms. The first-order chi connectivity index (χ1) is 10.5. The van der Waals surface area contributed by atoms with Gasteiger partial charge in [-0.1, -0.05) is 18.2 Å². The maximum absolute atomic E-state index is 12.0. The van der Waals surface area contributed by atoms with E-state index in [2.05, 4.69) is 15.7 Å². The number of amides is 2. The molecule has 2 rings (SSSR count). The number of hydrogen-bond donors (Lipinski definition) is 2. The summed E-state index contributed by atoms with van der Waals surface area (Å²) >= 11 is 0. The molecule has 0 saturated heterocycles. The maximum Gasteiger partial charge on any atom is 0.273 e. The van der Waals surface area contributed by atoms with Crippen LogP contribution in [0.1, 0.15) is 16.1 Å². The minimum atomic E-state index is -0.365. The molecule has 0 bridgehead atoms. The number of hydrogen-bond acceptors (Lipinski definition) is 4. The Morgan fingerprint density at radius 3 is 2.73 bits per heavy atom. The van der Waals surface area contributed by atoms with Crippen molar-refractivity contribution in [1.29, 1.82) is 0 Å². The summed E-state index contributed by atoms with van der Waals surface area (Å²) < 4.78 is 6.93. The maximum atomic E-state index is 12.0. The quantitative estimate of drug-likeness (QED) is 0.866. The van der Waals surface area contributed by atoms with Crippen molar-refractivity contribution in [2.24, 2.45) is 7.05 Å². The molecule has 1 aromatic heterocycles. The Bertz CT molecular complexity index is 694. The normalized spacial score (nSPS) is 10.1. The molecule has 2 N–H and O–H groups in total. The van der Waals surface area contributed by atoms with Crippen molar-refractivity contribution in [2.45, 2.75) is 6.92 Å². The van der Waals surface area contributed by atoms with E-state index < -0.39 is 0 Å². The number of ether oxygens (including phenoxy) is 1. The van der Waals surface area contributed by atoms with Crippen molar-refractivity contribution in [3.05, 3.63) is 41.7 Å². The van der Waals surface area contributed by atoms with Gasteiger partial charge in [0, 0.05) is 20.3 Å². The molecule has 7 nitrogen and oxygen atoms in total. The fourth-order valence-corrected chi connectivity index (χ4v) is 1.91. The Morgan fingerprint density at radius 1 is 1.32 bits per heavy atom. The standard InChI is InChI=1S/C15H18N4O3/c1-10-6-4-5-7-12(10)22-9-13(20)17-11-8-19(3)18-14(11)15(21)16-2/h4-8H,9H2,1-3H3,(H,16,21)(H,17,20). The molecular weight excluding hydrogens is 284 g/mol. The van der Waals surface area contributed by atoms with E-state index in [4.69, 9.17) is 4.74 Å². The molecule has 0 spiro atoms. The third kappa shape index (κ3) is 3.63. The molecule has 116 valence electrons. The summed E-state index contributed by atoms with van der Waals surface area (Å²) in [6.07, 6.45) is 1.57. The second-order valence-corrected chi connectivity index (χ2v) is 4.75. The summed E-state index contributed by atoms with van der Waals surface area (Å²) in [5.74, 6) is -0.0764. The molecule has 0 atom stereocenters. The second-order valence-electron chi connectivity index (χ2n) is 4.75. The number of nitrogens with one attached hydrogen (secondary N) is 2. The summed E-state index contributed by atoms with van der Waals surface area (Å²) in [6, 6.07) is 7.43. The van der Waals surface area contributed by atoms with Gasteiger partial charge >= 0.3 is 0 Å². The molecule has 2 amide bonds. The lowest BCUT2D eigenvalue weighted by Crippen LogP contribution is -2.24. The Morgan fingerprint density at radius 2 is 2.05 bits per heavy atom. The van der Waals surface area contributed by atoms with Crippen LogP contribution in [-0.4, -0.2) is 35.2 Å². The van der Waals surface area contributed by atoms with E-state index in [1.165, 1.54) is 11.7 Å². The van der Waals surface area contributed by atoms with Crippen molar-refractivity contribution in [3.63, 3.8) is 0 Å². The van der Waals surface area contributed by atoms with Gasteiger partial charge < -0.3 is 15.4 Å². The van der Waals surface area contributed by atoms with Gasteiger partial charge in [0.25, 0.3) is 11.8 Å². The molecule has 1 heterocycles. The van der Waals surface area contributed by atoms with E-state index in [0.717, 1.165) is 5.56 Å². The molecule has 0 aliphatic heterocycles. The van der Waals surface area contributed by atoms with Crippen molar-refractivity contribution >= 4 is 17.5 Å². The number of nitrogens with zero attached hydrogens (tertiary/aromatic N) is 2. The molecule has 0 aliphatic carbocycles. The van der Waals surface area contributed by atoms with Crippen LogP contribution in [0.5, 0.6) is 5.75 Å². The first kappa shape index (κ1) is 15.6. The van der Waals surface area contributed by atoms with Gasteiger partial charge in [0.05, 0.1) is 5.69 Å². The highest BCUT2D eigenvalue weighted by Crippen LogP contribution is 2.17. The van der Waals surface area contributed by atoms with E-state index in [9.17, 15) is 9.59 Å². The summed E-state index contributed by atoms with van der Waals surface area (Å²) in [6.45, 7) is 1.75. The van der Waals surface area contributed by atoms with Crippen molar-refractivity contribution in [2.75, 3.05) is 19.0 Å². The zero-order chi connectivity index (χ0) is 16.1. The Hall–Kier alpha value is -2.83. The van der Waals surface area contributed by atoms with Crippen LogP contribution >= 0.6 is 0 Å². The van der Waals surface area contributed by atoms with Crippen LogP contribution in [0.4, 0.5) is 5.69 Å². The first-order valence-electron chi connectivity index (χ1n) is 6.75. The van der Waals surface area contributed by atoms with E-state index in [1.54, 1.807) is 19.3 Å². The summed E-state index contributed by atoms with van der Waals surface area (Å²) in [5.41, 5.74) is 1.46. The number of carbonyl (C=O) groups excluding carboxylic acids is 2. The molecule has 0 radical (unpaired) electrons. The van der Waals surface area contributed by atoms with Crippen LogP contribution in [-0.2, 0) is 11.8 Å². The van der Waals surface area contributed by atoms with E-state index in [0.29, 0.717) is 11.4 Å². The summed E-state index contributed by atoms with van der Waals surface area (Å²) in [4.78, 5) is 23.6. The van der Waals surface area contributed by atoms with Gasteiger partial charge in [-0.05, 0) is 18.6 Å². The highest BCUT2D eigenvalue weighted by Gasteiger charge is 2.17. The minimum absolute atomic E-state index is 0.146. The fraction of sp³-hybridized carbons (Fsp3) is 0.267. The van der Waals surface area contributed by atoms with Gasteiger partial charge in [-0.2, -0.15) is 5.10 Å². The van der Waals surface area contributed by atoms with E-state index in [1.807, 2.05) is 25.1 Å². The third-order valence-corrected chi connectivity index (χ3v) is 3.00. The zero-order valence-corrected chi connectivity index (χ0v) is 12.7. The number of anilines is 1. The first-order valence-corrected chi connectivity index (χ1v) is 6.75.